The zero-order valence-electron chi connectivity index (χ0n) is 26.0. The van der Waals surface area contributed by atoms with Crippen LogP contribution in [0.4, 0.5) is 0 Å². The van der Waals surface area contributed by atoms with E-state index in [1.54, 1.807) is 0 Å². The number of halogens is 4. The smallest absolute Gasteiger partial charge is 1.00 e. The topological polar surface area (TPSA) is 9.86 Å². The SMILES string of the molecule is Clc1ccc2c(c1)Cc1c-2n(-c2ccccc2)c2ccc[c]([Zr+2][c]3cccc4c3c3c(n4-c4ccccc4)-c4ccc(Cl)cc4C3)c12.[Cl-].[Cl-]. The average Bonchev–Trinajstić information content (AvgIpc) is 3.82. The molecule has 7 heteroatoms. The second-order valence-electron chi connectivity index (χ2n) is 12.5. The Kier molecular flexibility index (Phi) is 8.42. The van der Waals surface area contributed by atoms with Crippen LogP contribution >= 0.6 is 23.2 Å². The van der Waals surface area contributed by atoms with Crippen LogP contribution in [0.3, 0.4) is 0 Å². The van der Waals surface area contributed by atoms with Crippen molar-refractivity contribution in [2.45, 2.75) is 12.8 Å². The second kappa shape index (κ2) is 12.6. The zero-order chi connectivity index (χ0) is 31.2. The first-order valence-corrected chi connectivity index (χ1v) is 19.1. The molecular formula is C42H26Cl4N2Zr. The quantitative estimate of drug-likeness (QED) is 0.255. The van der Waals surface area contributed by atoms with Crippen LogP contribution in [0.15, 0.2) is 133 Å². The van der Waals surface area contributed by atoms with Crippen molar-refractivity contribution in [1.29, 1.82) is 0 Å². The maximum absolute atomic E-state index is 6.53. The third kappa shape index (κ3) is 5.01. The molecule has 0 atom stereocenters. The molecule has 236 valence electrons. The van der Waals surface area contributed by atoms with Crippen LogP contribution in [-0.2, 0) is 36.1 Å². The van der Waals surface area contributed by atoms with Gasteiger partial charge in [-0.1, -0.05) is 0 Å². The molecule has 0 amide bonds. The van der Waals surface area contributed by atoms with E-state index in [0.29, 0.717) is 0 Å². The molecule has 6 aromatic carbocycles. The fourth-order valence-corrected chi connectivity index (χ4v) is 12.0. The standard InChI is InChI=1S/2C21H13ClN.2ClH.Zr/c2*22-15-10-11-17-14(12-15)13-19-18-8-4-5-9-20(18)23(21(17)19)16-6-2-1-3-7-16;;;/h2*1-7,9-12H,13H2;2*1H;/q;;;;+2/p-2. The Morgan fingerprint density at radius 2 is 0.898 bits per heavy atom. The van der Waals surface area contributed by atoms with Crippen LogP contribution < -0.4 is 31.4 Å². The van der Waals surface area contributed by atoms with Gasteiger partial charge in [-0.2, -0.15) is 0 Å². The summed E-state index contributed by atoms with van der Waals surface area (Å²) in [5.41, 5.74) is 15.7. The summed E-state index contributed by atoms with van der Waals surface area (Å²) in [6, 6.07) is 48.4. The molecule has 2 aliphatic rings. The largest absolute Gasteiger partial charge is 1.00 e. The number of fused-ring (bicyclic) bond motifs is 10. The first kappa shape index (κ1) is 32.6. The molecule has 2 aromatic heterocycles. The van der Waals surface area contributed by atoms with E-state index in [4.69, 9.17) is 23.2 Å². The van der Waals surface area contributed by atoms with E-state index in [0.717, 1.165) is 22.9 Å². The molecule has 0 N–H and O–H groups in total. The molecule has 0 radical (unpaired) electrons. The van der Waals surface area contributed by atoms with Gasteiger partial charge in [0, 0.05) is 0 Å². The predicted octanol–water partition coefficient (Wildman–Crippen LogP) is 4.06. The Hall–Kier alpha value is -3.56. The van der Waals surface area contributed by atoms with E-state index in [-0.39, 0.29) is 24.8 Å². The van der Waals surface area contributed by atoms with Gasteiger partial charge in [0.1, 0.15) is 0 Å². The summed E-state index contributed by atoms with van der Waals surface area (Å²) in [5.74, 6) is 0. The summed E-state index contributed by atoms with van der Waals surface area (Å²) in [5, 5.41) is 4.45. The molecule has 0 aliphatic heterocycles. The van der Waals surface area contributed by atoms with Gasteiger partial charge in [-0.05, 0) is 0 Å². The Morgan fingerprint density at radius 3 is 1.33 bits per heavy atom. The van der Waals surface area contributed by atoms with Gasteiger partial charge in [-0.25, -0.2) is 0 Å². The molecule has 0 unspecified atom stereocenters. The summed E-state index contributed by atoms with van der Waals surface area (Å²) >= 11 is 11.8. The third-order valence-corrected chi connectivity index (χ3v) is 13.7. The monoisotopic (exact) mass is 788 g/mol. The Morgan fingerprint density at radius 1 is 0.469 bits per heavy atom. The molecule has 8 aromatic rings. The second-order valence-corrected chi connectivity index (χ2v) is 16.6. The number of aromatic nitrogens is 2. The summed E-state index contributed by atoms with van der Waals surface area (Å²) in [6.45, 7) is 0. The molecule has 0 fully saturated rings. The number of hydrogen-bond donors (Lipinski definition) is 0. The van der Waals surface area contributed by atoms with Crippen molar-refractivity contribution in [3.63, 3.8) is 0 Å². The minimum atomic E-state index is -1.31. The third-order valence-electron chi connectivity index (χ3n) is 9.87. The van der Waals surface area contributed by atoms with Crippen molar-refractivity contribution in [3.8, 4) is 33.9 Å². The molecule has 2 heterocycles. The van der Waals surface area contributed by atoms with Gasteiger partial charge in [0.25, 0.3) is 0 Å². The minimum Gasteiger partial charge on any atom is -1.00 e. The van der Waals surface area contributed by atoms with Crippen LogP contribution in [0.25, 0.3) is 55.7 Å². The molecular weight excluding hydrogens is 766 g/mol. The summed E-state index contributed by atoms with van der Waals surface area (Å²) in [4.78, 5) is 0. The van der Waals surface area contributed by atoms with Gasteiger partial charge in [0.05, 0.1) is 0 Å². The minimum absolute atomic E-state index is 0. The average molecular weight is 792 g/mol. The van der Waals surface area contributed by atoms with Crippen molar-refractivity contribution in [2.75, 3.05) is 0 Å². The normalized spacial score (nSPS) is 12.1. The van der Waals surface area contributed by atoms with Crippen LogP contribution in [0.1, 0.15) is 22.3 Å². The number of rotatable bonds is 4. The van der Waals surface area contributed by atoms with Gasteiger partial charge in [0.2, 0.25) is 0 Å². The van der Waals surface area contributed by atoms with E-state index in [2.05, 4.69) is 130 Å². The fraction of sp³-hybridized carbons (Fsp3) is 0.0476. The fourth-order valence-electron chi connectivity index (χ4n) is 8.05. The van der Waals surface area contributed by atoms with Crippen LogP contribution in [0.2, 0.25) is 10.0 Å². The number of hydrogen-bond acceptors (Lipinski definition) is 0. The summed E-state index contributed by atoms with van der Waals surface area (Å²) in [6.07, 6.45) is 1.80. The first-order chi connectivity index (χ1) is 23.1. The van der Waals surface area contributed by atoms with Gasteiger partial charge in [-0.15, -0.1) is 0 Å². The summed E-state index contributed by atoms with van der Waals surface area (Å²) < 4.78 is 8.00. The van der Waals surface area contributed by atoms with Crippen molar-refractivity contribution in [1.82, 2.24) is 9.13 Å². The maximum Gasteiger partial charge on any atom is -1.00 e. The first-order valence-electron chi connectivity index (χ1n) is 15.9. The Labute approximate surface area is 318 Å². The zero-order valence-corrected chi connectivity index (χ0v) is 31.5. The van der Waals surface area contributed by atoms with Crippen molar-refractivity contribution < 1.29 is 48.0 Å². The van der Waals surface area contributed by atoms with Crippen LogP contribution in [0, 0.1) is 0 Å². The Balaban J connectivity index is 0.00000174. The molecule has 0 bridgehead atoms. The van der Waals surface area contributed by atoms with Gasteiger partial charge < -0.3 is 24.8 Å². The number of nitrogens with zero attached hydrogens (tertiary/aromatic N) is 2. The predicted molar refractivity (Wildman–Crippen MR) is 192 cm³/mol. The molecule has 10 rings (SSSR count). The van der Waals surface area contributed by atoms with Crippen molar-refractivity contribution in [3.05, 3.63) is 166 Å². The molecule has 2 nitrogen and oxygen atoms in total. The van der Waals surface area contributed by atoms with E-state index in [9.17, 15) is 0 Å². The van der Waals surface area contributed by atoms with Gasteiger partial charge in [-0.3, -0.25) is 0 Å². The molecule has 49 heavy (non-hydrogen) atoms. The van der Waals surface area contributed by atoms with Crippen LogP contribution in [-0.4, -0.2) is 9.13 Å². The maximum atomic E-state index is 6.53. The molecule has 0 spiro atoms. The van der Waals surface area contributed by atoms with Crippen LogP contribution in [0.5, 0.6) is 0 Å². The summed E-state index contributed by atoms with van der Waals surface area (Å²) in [7, 11) is 0. The van der Waals surface area contributed by atoms with Crippen molar-refractivity contribution >= 4 is 51.6 Å². The van der Waals surface area contributed by atoms with E-state index in [1.807, 2.05) is 12.1 Å². The molecule has 2 aliphatic carbocycles. The van der Waals surface area contributed by atoms with Crippen molar-refractivity contribution in [2.24, 2.45) is 0 Å². The Bertz CT molecular complexity index is 2390. The van der Waals surface area contributed by atoms with E-state index < -0.39 is 23.2 Å². The van der Waals surface area contributed by atoms with Gasteiger partial charge >= 0.3 is 296 Å². The van der Waals surface area contributed by atoms with Gasteiger partial charge in [0.15, 0.2) is 0 Å². The number of para-hydroxylation sites is 2. The van der Waals surface area contributed by atoms with E-state index in [1.165, 1.54) is 84.5 Å². The van der Waals surface area contributed by atoms with E-state index >= 15 is 0 Å². The number of benzene rings is 6. The molecule has 0 saturated heterocycles. The molecule has 0 saturated carbocycles.